The van der Waals surface area contributed by atoms with Gasteiger partial charge in [-0.15, -0.1) is 0 Å². The van der Waals surface area contributed by atoms with Crippen molar-refractivity contribution in [3.63, 3.8) is 0 Å². The Morgan fingerprint density at radius 2 is 1.58 bits per heavy atom. The molecule has 0 heterocycles. The van der Waals surface area contributed by atoms with Crippen LogP contribution in [0, 0.1) is 17.3 Å². The third-order valence-electron chi connectivity index (χ3n) is 8.63. The van der Waals surface area contributed by atoms with Crippen LogP contribution in [-0.4, -0.2) is 26.1 Å². The molecule has 0 spiro atoms. The Labute approximate surface area is 202 Å². The van der Waals surface area contributed by atoms with Crippen LogP contribution in [0.4, 0.5) is 0 Å². The Morgan fingerprint density at radius 3 is 2.12 bits per heavy atom. The van der Waals surface area contributed by atoms with Crippen molar-refractivity contribution in [1.82, 2.24) is 0 Å². The molecule has 2 aromatic carbocycles. The van der Waals surface area contributed by atoms with E-state index in [-0.39, 0.29) is 16.6 Å². The summed E-state index contributed by atoms with van der Waals surface area (Å²) >= 11 is 0. The van der Waals surface area contributed by atoms with Gasteiger partial charge in [0.05, 0.1) is 6.10 Å². The van der Waals surface area contributed by atoms with Gasteiger partial charge in [-0.3, -0.25) is 0 Å². The minimum Gasteiger partial charge on any atom is -0.407 e. The van der Waals surface area contributed by atoms with Crippen molar-refractivity contribution in [2.24, 2.45) is 17.3 Å². The largest absolute Gasteiger partial charge is 0.407 e. The molecule has 0 radical (unpaired) electrons. The Kier molecular flexibility index (Phi) is 7.05. The van der Waals surface area contributed by atoms with Crippen LogP contribution in [-0.2, 0) is 4.43 Å². The summed E-state index contributed by atoms with van der Waals surface area (Å²) in [4.78, 5) is 0. The Hall–Kier alpha value is -1.68. The fraction of sp³-hybridized carbons (Fsp3) is 0.533. The molecule has 2 aliphatic carbocycles. The number of benzene rings is 2. The number of hydrogen-bond acceptors (Lipinski definition) is 2. The van der Waals surface area contributed by atoms with Crippen molar-refractivity contribution in [2.75, 3.05) is 6.61 Å². The van der Waals surface area contributed by atoms with Crippen molar-refractivity contribution in [1.29, 1.82) is 0 Å². The lowest BCUT2D eigenvalue weighted by Crippen LogP contribution is -2.66. The molecule has 2 aromatic rings. The molecule has 1 fully saturated rings. The monoisotopic (exact) mass is 462 g/mol. The summed E-state index contributed by atoms with van der Waals surface area (Å²) in [6.45, 7) is 12.7. The average molecular weight is 463 g/mol. The molecular weight excluding hydrogens is 420 g/mol. The number of hydrogen-bond donors (Lipinski definition) is 1. The van der Waals surface area contributed by atoms with Gasteiger partial charge in [0.1, 0.15) is 0 Å². The smallest absolute Gasteiger partial charge is 0.261 e. The van der Waals surface area contributed by atoms with E-state index in [9.17, 15) is 5.11 Å². The second-order valence-corrected chi connectivity index (χ2v) is 15.9. The van der Waals surface area contributed by atoms with E-state index in [4.69, 9.17) is 4.43 Å². The van der Waals surface area contributed by atoms with E-state index >= 15 is 0 Å². The SMILES string of the molecule is C[C@H](CCO[Si](c1ccccc1)(c1ccccc1)C(C)(C)C)[C@H]1CCC2=CC(O)CC[C@@]21C. The van der Waals surface area contributed by atoms with E-state index in [1.54, 1.807) is 0 Å². The molecule has 178 valence electrons. The van der Waals surface area contributed by atoms with Gasteiger partial charge in [-0.05, 0) is 64.8 Å². The summed E-state index contributed by atoms with van der Waals surface area (Å²) in [5.41, 5.74) is 1.77. The highest BCUT2D eigenvalue weighted by molar-refractivity contribution is 6.99. The second-order valence-electron chi connectivity index (χ2n) is 11.6. The maximum Gasteiger partial charge on any atom is 0.261 e. The van der Waals surface area contributed by atoms with Crippen LogP contribution in [0.3, 0.4) is 0 Å². The standard InChI is InChI=1S/C30H42O2Si/c1-23(28-17-16-24-22-25(31)18-20-30(24,28)5)19-21-32-33(29(2,3)4,26-12-8-6-9-13-26)27-14-10-7-11-15-27/h6-15,22-23,25,28,31H,16-21H2,1-5H3/t23-,25?,28-,30+/m1/s1. The van der Waals surface area contributed by atoms with Crippen LogP contribution in [0.1, 0.15) is 66.7 Å². The van der Waals surface area contributed by atoms with Crippen molar-refractivity contribution < 1.29 is 9.53 Å². The first kappa shape index (κ1) is 24.4. The number of fused-ring (bicyclic) bond motifs is 1. The molecule has 4 rings (SSSR count). The van der Waals surface area contributed by atoms with Gasteiger partial charge in [0.15, 0.2) is 0 Å². The van der Waals surface area contributed by atoms with E-state index in [0.29, 0.717) is 11.8 Å². The van der Waals surface area contributed by atoms with Crippen molar-refractivity contribution in [3.8, 4) is 0 Å². The van der Waals surface area contributed by atoms with Gasteiger partial charge in [-0.2, -0.15) is 0 Å². The highest BCUT2D eigenvalue weighted by atomic mass is 28.4. The van der Waals surface area contributed by atoms with Crippen molar-refractivity contribution in [3.05, 3.63) is 72.3 Å². The molecule has 2 nitrogen and oxygen atoms in total. The number of allylic oxidation sites excluding steroid dienone is 1. The topological polar surface area (TPSA) is 29.5 Å². The van der Waals surface area contributed by atoms with Gasteiger partial charge in [0.25, 0.3) is 8.32 Å². The summed E-state index contributed by atoms with van der Waals surface area (Å²) < 4.78 is 7.17. The van der Waals surface area contributed by atoms with Crippen LogP contribution in [0.5, 0.6) is 0 Å². The van der Waals surface area contributed by atoms with Crippen LogP contribution in [0.15, 0.2) is 72.3 Å². The lowest BCUT2D eigenvalue weighted by molar-refractivity contribution is 0.115. The molecule has 4 atom stereocenters. The van der Waals surface area contributed by atoms with Gasteiger partial charge in [-0.25, -0.2) is 0 Å². The van der Waals surface area contributed by atoms with E-state index in [0.717, 1.165) is 32.3 Å². The normalized spacial score (nSPS) is 26.5. The molecule has 3 heteroatoms. The number of aliphatic hydroxyl groups is 1. The molecule has 0 saturated heterocycles. The van der Waals surface area contributed by atoms with Crippen LogP contribution in [0.25, 0.3) is 0 Å². The predicted molar refractivity (Wildman–Crippen MR) is 142 cm³/mol. The minimum absolute atomic E-state index is 0.0215. The maximum absolute atomic E-state index is 10.1. The summed E-state index contributed by atoms with van der Waals surface area (Å²) in [6, 6.07) is 21.9. The van der Waals surface area contributed by atoms with Gasteiger partial charge >= 0.3 is 0 Å². The Balaban J connectivity index is 1.57. The van der Waals surface area contributed by atoms with Gasteiger partial charge in [0, 0.05) is 6.61 Å². The van der Waals surface area contributed by atoms with Gasteiger partial charge in [-0.1, -0.05) is 107 Å². The molecule has 0 aliphatic heterocycles. The van der Waals surface area contributed by atoms with Crippen molar-refractivity contribution in [2.45, 2.75) is 77.9 Å². The predicted octanol–water partition coefficient (Wildman–Crippen LogP) is 6.09. The van der Waals surface area contributed by atoms with Crippen LogP contribution >= 0.6 is 0 Å². The van der Waals surface area contributed by atoms with E-state index in [1.807, 2.05) is 0 Å². The zero-order valence-corrected chi connectivity index (χ0v) is 22.2. The molecule has 0 aromatic heterocycles. The molecule has 2 aliphatic rings. The summed E-state index contributed by atoms with van der Waals surface area (Å²) in [5, 5.41) is 12.9. The highest BCUT2D eigenvalue weighted by Crippen LogP contribution is 2.56. The highest BCUT2D eigenvalue weighted by Gasteiger charge is 2.50. The lowest BCUT2D eigenvalue weighted by atomic mass is 9.66. The second kappa shape index (κ2) is 9.52. The fourth-order valence-corrected chi connectivity index (χ4v) is 11.4. The van der Waals surface area contributed by atoms with E-state index in [1.165, 1.54) is 22.4 Å². The summed E-state index contributed by atoms with van der Waals surface area (Å²) in [7, 11) is -2.46. The first-order chi connectivity index (χ1) is 15.7. The molecule has 0 amide bonds. The molecule has 1 N–H and O–H groups in total. The molecule has 1 saturated carbocycles. The summed E-state index contributed by atoms with van der Waals surface area (Å²) in [6.07, 6.45) is 7.43. The van der Waals surface area contributed by atoms with Crippen LogP contribution < -0.4 is 10.4 Å². The third kappa shape index (κ3) is 4.52. The Morgan fingerprint density at radius 1 is 1.00 bits per heavy atom. The maximum atomic E-state index is 10.1. The van der Waals surface area contributed by atoms with E-state index in [2.05, 4.69) is 101 Å². The molecule has 0 bridgehead atoms. The van der Waals surface area contributed by atoms with E-state index < -0.39 is 8.32 Å². The lowest BCUT2D eigenvalue weighted by Gasteiger charge is -2.44. The average Bonchev–Trinajstić information content (AvgIpc) is 3.13. The number of aliphatic hydroxyl groups excluding tert-OH is 1. The molecule has 33 heavy (non-hydrogen) atoms. The van der Waals surface area contributed by atoms with Crippen LogP contribution in [0.2, 0.25) is 5.04 Å². The van der Waals surface area contributed by atoms with Crippen molar-refractivity contribution >= 4 is 18.7 Å². The van der Waals surface area contributed by atoms with Gasteiger partial charge < -0.3 is 9.53 Å². The van der Waals surface area contributed by atoms with Gasteiger partial charge in [0.2, 0.25) is 0 Å². The fourth-order valence-electron chi connectivity index (χ4n) is 6.81. The quantitative estimate of drug-likeness (QED) is 0.399. The first-order valence-corrected chi connectivity index (χ1v) is 14.7. The first-order valence-electron chi connectivity index (χ1n) is 12.8. The minimum atomic E-state index is -2.46. The molecular formula is C30H42O2Si. The zero-order valence-electron chi connectivity index (χ0n) is 21.2. The third-order valence-corrected chi connectivity index (χ3v) is 13.7. The Bertz CT molecular complexity index is 907. The summed E-state index contributed by atoms with van der Waals surface area (Å²) in [5.74, 6) is 1.29. The molecule has 1 unspecified atom stereocenters. The zero-order chi connectivity index (χ0) is 23.7. The number of rotatable bonds is 7.